The van der Waals surface area contributed by atoms with E-state index in [1.165, 1.54) is 30.0 Å². The minimum Gasteiger partial charge on any atom is -0.508 e. The molecule has 0 aliphatic heterocycles. The van der Waals surface area contributed by atoms with Crippen LogP contribution in [-0.4, -0.2) is 23.6 Å². The van der Waals surface area contributed by atoms with Gasteiger partial charge in [0, 0.05) is 32.8 Å². The molecule has 0 fully saturated rings. The molecule has 0 atom stereocenters. The van der Waals surface area contributed by atoms with E-state index in [1.807, 2.05) is 30.3 Å². The van der Waals surface area contributed by atoms with E-state index in [0.29, 0.717) is 21.4 Å². The van der Waals surface area contributed by atoms with Gasteiger partial charge in [0.25, 0.3) is 10.0 Å². The molecule has 4 aromatic carbocycles. The first-order valence-corrected chi connectivity index (χ1v) is 12.7. The Morgan fingerprint density at radius 2 is 1.59 bits per heavy atom. The fourth-order valence-corrected chi connectivity index (χ4v) is 6.24. The number of nitrogens with one attached hydrogen (secondary N) is 1. The third-order valence-corrected chi connectivity index (χ3v) is 8.18. The third kappa shape index (κ3) is 3.91. The van der Waals surface area contributed by atoms with Crippen LogP contribution >= 0.6 is 11.8 Å². The van der Waals surface area contributed by atoms with E-state index >= 15 is 0 Å². The van der Waals surface area contributed by atoms with Crippen molar-refractivity contribution in [3.63, 3.8) is 0 Å². The first-order valence-electron chi connectivity index (χ1n) is 10.4. The van der Waals surface area contributed by atoms with Gasteiger partial charge in [-0.05, 0) is 37.3 Å². The van der Waals surface area contributed by atoms with E-state index in [4.69, 9.17) is 0 Å². The highest BCUT2D eigenvalue weighted by atomic mass is 32.2. The molecule has 0 saturated carbocycles. The minimum absolute atomic E-state index is 0.0166. The summed E-state index contributed by atoms with van der Waals surface area (Å²) in [6.45, 7) is 1.55. The maximum atomic E-state index is 13.2. The van der Waals surface area contributed by atoms with Gasteiger partial charge < -0.3 is 10.2 Å². The summed E-state index contributed by atoms with van der Waals surface area (Å²) in [6.07, 6.45) is 1.71. The fourth-order valence-electron chi connectivity index (χ4n) is 3.87. The number of rotatable bonds is 5. The second-order valence-corrected chi connectivity index (χ2v) is 10.5. The van der Waals surface area contributed by atoms with E-state index in [1.54, 1.807) is 43.5 Å². The summed E-state index contributed by atoms with van der Waals surface area (Å²) in [6, 6.07) is 22.7. The summed E-state index contributed by atoms with van der Waals surface area (Å²) < 4.78 is 29.1. The van der Waals surface area contributed by atoms with Crippen molar-refractivity contribution in [1.82, 2.24) is 4.98 Å². The number of hydrogen-bond acceptors (Lipinski definition) is 6. The van der Waals surface area contributed by atoms with Crippen LogP contribution in [0.4, 0.5) is 5.69 Å². The number of benzene rings is 4. The molecule has 3 N–H and O–H groups in total. The molecule has 8 heteroatoms. The van der Waals surface area contributed by atoms with Crippen LogP contribution in [0.5, 0.6) is 11.5 Å². The van der Waals surface area contributed by atoms with Gasteiger partial charge in [-0.2, -0.15) is 0 Å². The Kier molecular flexibility index (Phi) is 5.55. The first-order chi connectivity index (χ1) is 16.3. The number of hydrogen-bond donors (Lipinski definition) is 3. The molecule has 0 spiro atoms. The zero-order valence-electron chi connectivity index (χ0n) is 18.1. The Hall–Kier alpha value is -3.75. The fraction of sp³-hybridized carbons (Fsp3) is 0.0385. The Morgan fingerprint density at radius 1 is 0.853 bits per heavy atom. The van der Waals surface area contributed by atoms with Crippen molar-refractivity contribution in [3.8, 4) is 11.5 Å². The molecule has 34 heavy (non-hydrogen) atoms. The van der Waals surface area contributed by atoms with Gasteiger partial charge >= 0.3 is 0 Å². The smallest absolute Gasteiger partial charge is 0.262 e. The molecular formula is C26H20N2O4S2. The van der Waals surface area contributed by atoms with Crippen molar-refractivity contribution in [2.75, 3.05) is 4.72 Å². The highest BCUT2D eigenvalue weighted by molar-refractivity contribution is 7.99. The molecule has 0 saturated heterocycles. The van der Waals surface area contributed by atoms with Gasteiger partial charge in [-0.3, -0.25) is 9.71 Å². The molecule has 0 radical (unpaired) electrons. The molecular weight excluding hydrogens is 468 g/mol. The largest absolute Gasteiger partial charge is 0.508 e. The maximum absolute atomic E-state index is 13.2. The monoisotopic (exact) mass is 488 g/mol. The zero-order valence-corrected chi connectivity index (χ0v) is 19.7. The summed E-state index contributed by atoms with van der Waals surface area (Å²) in [5.74, 6) is -0.0387. The van der Waals surface area contributed by atoms with Gasteiger partial charge in [0.05, 0.1) is 21.0 Å². The molecule has 0 aliphatic carbocycles. The molecule has 1 aromatic heterocycles. The predicted octanol–water partition coefficient (Wildman–Crippen LogP) is 6.06. The minimum atomic E-state index is -4.01. The standard InChI is InChI=1S/C26H20N2O4S2/c1-16-21(29)11-5-13-24(16)34(31,32)28-20-15-23(26(30)19-10-3-2-9-18(19)20)33-22-12-4-7-17-8-6-14-27-25(17)22/h2-15,28-30H,1H3. The Bertz CT molecular complexity index is 1660. The van der Waals surface area contributed by atoms with Crippen molar-refractivity contribution < 1.29 is 18.6 Å². The third-order valence-electron chi connectivity index (χ3n) is 5.59. The number of aromatic hydroxyl groups is 2. The first kappa shape index (κ1) is 22.1. The van der Waals surface area contributed by atoms with Crippen molar-refractivity contribution in [3.05, 3.63) is 90.6 Å². The Balaban J connectivity index is 1.64. The van der Waals surface area contributed by atoms with Gasteiger partial charge in [0.1, 0.15) is 11.5 Å². The lowest BCUT2D eigenvalue weighted by Gasteiger charge is -2.16. The number of phenols is 2. The van der Waals surface area contributed by atoms with Crippen LogP contribution in [0.2, 0.25) is 0 Å². The second-order valence-electron chi connectivity index (χ2n) is 7.76. The quantitative estimate of drug-likeness (QED) is 0.260. The summed E-state index contributed by atoms with van der Waals surface area (Å²) in [5.41, 5.74) is 1.38. The lowest BCUT2D eigenvalue weighted by atomic mass is 10.1. The van der Waals surface area contributed by atoms with Crippen LogP contribution in [0.1, 0.15) is 5.56 Å². The summed E-state index contributed by atoms with van der Waals surface area (Å²) in [7, 11) is -4.01. The normalized spacial score (nSPS) is 11.7. The molecule has 1 heterocycles. The number of para-hydroxylation sites is 1. The van der Waals surface area contributed by atoms with Crippen LogP contribution in [0.3, 0.4) is 0 Å². The number of phenolic OH excluding ortho intramolecular Hbond substituents is 2. The number of sulfonamides is 1. The van der Waals surface area contributed by atoms with Crippen molar-refractivity contribution in [2.24, 2.45) is 0 Å². The van der Waals surface area contributed by atoms with Gasteiger partial charge in [-0.15, -0.1) is 0 Å². The van der Waals surface area contributed by atoms with Crippen LogP contribution in [0.15, 0.2) is 99.7 Å². The van der Waals surface area contributed by atoms with Crippen LogP contribution in [0.25, 0.3) is 21.7 Å². The van der Waals surface area contributed by atoms with Crippen LogP contribution in [0, 0.1) is 6.92 Å². The molecule has 0 unspecified atom stereocenters. The van der Waals surface area contributed by atoms with E-state index < -0.39 is 10.0 Å². The molecule has 0 amide bonds. The van der Waals surface area contributed by atoms with Crippen molar-refractivity contribution >= 4 is 49.1 Å². The van der Waals surface area contributed by atoms with Gasteiger partial charge in [0.15, 0.2) is 0 Å². The number of anilines is 1. The zero-order chi connectivity index (χ0) is 23.9. The van der Waals surface area contributed by atoms with Gasteiger partial charge in [-0.1, -0.05) is 60.3 Å². The SMILES string of the molecule is Cc1c(O)cccc1S(=O)(=O)Nc1cc(Sc2cccc3cccnc23)c(O)c2ccccc12. The summed E-state index contributed by atoms with van der Waals surface area (Å²) in [5, 5.41) is 23.1. The number of fused-ring (bicyclic) bond motifs is 2. The predicted molar refractivity (Wildman–Crippen MR) is 135 cm³/mol. The van der Waals surface area contributed by atoms with Crippen molar-refractivity contribution in [1.29, 1.82) is 0 Å². The molecule has 0 aliphatic rings. The van der Waals surface area contributed by atoms with E-state index in [2.05, 4.69) is 9.71 Å². The Labute approximate surface area is 201 Å². The molecule has 170 valence electrons. The number of nitrogens with zero attached hydrogens (tertiary/aromatic N) is 1. The Morgan fingerprint density at radius 3 is 2.41 bits per heavy atom. The van der Waals surface area contributed by atoms with Crippen molar-refractivity contribution in [2.45, 2.75) is 21.6 Å². The highest BCUT2D eigenvalue weighted by Gasteiger charge is 2.22. The van der Waals surface area contributed by atoms with Gasteiger partial charge in [-0.25, -0.2) is 8.42 Å². The lowest BCUT2D eigenvalue weighted by molar-refractivity contribution is 0.468. The van der Waals surface area contributed by atoms with Crippen LogP contribution in [-0.2, 0) is 10.0 Å². The second kappa shape index (κ2) is 8.55. The average molecular weight is 489 g/mol. The molecule has 5 rings (SSSR count). The highest BCUT2D eigenvalue weighted by Crippen LogP contribution is 2.44. The van der Waals surface area contributed by atoms with Gasteiger partial charge in [0.2, 0.25) is 0 Å². The number of aromatic nitrogens is 1. The van der Waals surface area contributed by atoms with E-state index in [0.717, 1.165) is 15.8 Å². The molecule has 5 aromatic rings. The molecule has 0 bridgehead atoms. The van der Waals surface area contributed by atoms with E-state index in [-0.39, 0.29) is 22.0 Å². The lowest BCUT2D eigenvalue weighted by Crippen LogP contribution is -2.14. The van der Waals surface area contributed by atoms with E-state index in [9.17, 15) is 18.6 Å². The maximum Gasteiger partial charge on any atom is 0.262 e. The molecule has 6 nitrogen and oxygen atoms in total. The van der Waals surface area contributed by atoms with Crippen LogP contribution < -0.4 is 4.72 Å². The topological polar surface area (TPSA) is 99.5 Å². The summed E-state index contributed by atoms with van der Waals surface area (Å²) in [4.78, 5) is 5.78. The number of pyridine rings is 1. The summed E-state index contributed by atoms with van der Waals surface area (Å²) >= 11 is 1.31. The average Bonchev–Trinajstić information content (AvgIpc) is 2.84.